The third kappa shape index (κ3) is 2.48. The third-order valence-corrected chi connectivity index (χ3v) is 5.79. The fourth-order valence-electron chi connectivity index (χ4n) is 3.18. The molecule has 0 bridgehead atoms. The number of nitrogens with one attached hydrogen (secondary N) is 1. The lowest BCUT2D eigenvalue weighted by Crippen LogP contribution is -2.51. The molecule has 0 aromatic carbocycles. The van der Waals surface area contributed by atoms with Crippen LogP contribution in [0.2, 0.25) is 0 Å². The molecule has 2 aliphatic carbocycles. The van der Waals surface area contributed by atoms with Crippen LogP contribution in [0, 0.1) is 5.41 Å². The van der Waals surface area contributed by atoms with Crippen LogP contribution < -0.4 is 11.1 Å². The van der Waals surface area contributed by atoms with E-state index in [0.717, 1.165) is 25.7 Å². The Morgan fingerprint density at radius 3 is 2.71 bits per heavy atom. The summed E-state index contributed by atoms with van der Waals surface area (Å²) in [7, 11) is 0. The first-order chi connectivity index (χ1) is 8.08. The molecule has 0 aromatic rings. The minimum absolute atomic E-state index is 0.0385. The Morgan fingerprint density at radius 1 is 1.35 bits per heavy atom. The van der Waals surface area contributed by atoms with Gasteiger partial charge in [-0.2, -0.15) is 11.8 Å². The van der Waals surface area contributed by atoms with Crippen molar-refractivity contribution >= 4 is 17.7 Å². The van der Waals surface area contributed by atoms with Crippen molar-refractivity contribution in [3.63, 3.8) is 0 Å². The first-order valence-corrected chi connectivity index (χ1v) is 7.96. The predicted octanol–water partition coefficient (Wildman–Crippen LogP) is 1.90. The molecular formula is C13H24N2OS. The van der Waals surface area contributed by atoms with Crippen molar-refractivity contribution in [1.29, 1.82) is 0 Å². The van der Waals surface area contributed by atoms with E-state index in [0.29, 0.717) is 11.3 Å². The maximum atomic E-state index is 12.4. The number of rotatable bonds is 3. The molecular weight excluding hydrogens is 232 g/mol. The minimum atomic E-state index is -0.328. The Balaban J connectivity index is 1.97. The van der Waals surface area contributed by atoms with Crippen molar-refractivity contribution in [2.75, 3.05) is 6.26 Å². The fraction of sp³-hybridized carbons (Fsp3) is 0.923. The summed E-state index contributed by atoms with van der Waals surface area (Å²) >= 11 is 1.88. The highest BCUT2D eigenvalue weighted by atomic mass is 32.2. The van der Waals surface area contributed by atoms with Gasteiger partial charge in [0, 0.05) is 17.3 Å². The largest absolute Gasteiger partial charge is 0.352 e. The van der Waals surface area contributed by atoms with Crippen LogP contribution in [0.25, 0.3) is 0 Å². The van der Waals surface area contributed by atoms with Gasteiger partial charge in [-0.25, -0.2) is 0 Å². The first kappa shape index (κ1) is 13.2. The molecule has 98 valence electrons. The SMILES string of the molecule is CSC1CCCC1NC(=O)C1(C)CCCC1N. The normalized spacial score (nSPS) is 41.7. The van der Waals surface area contributed by atoms with Crippen LogP contribution in [0.5, 0.6) is 0 Å². The molecule has 0 radical (unpaired) electrons. The van der Waals surface area contributed by atoms with Gasteiger partial charge in [-0.15, -0.1) is 0 Å². The van der Waals surface area contributed by atoms with Crippen LogP contribution in [0.3, 0.4) is 0 Å². The predicted molar refractivity (Wildman–Crippen MR) is 73.0 cm³/mol. The standard InChI is InChI=1S/C13H24N2OS/c1-13(8-4-7-11(13)14)12(16)15-9-5-3-6-10(9)17-2/h9-11H,3-8,14H2,1-2H3,(H,15,16). The molecule has 2 fully saturated rings. The van der Waals surface area contributed by atoms with E-state index >= 15 is 0 Å². The first-order valence-electron chi connectivity index (χ1n) is 6.67. The summed E-state index contributed by atoms with van der Waals surface area (Å²) < 4.78 is 0. The lowest BCUT2D eigenvalue weighted by molar-refractivity contribution is -0.131. The summed E-state index contributed by atoms with van der Waals surface area (Å²) in [4.78, 5) is 12.4. The molecule has 2 rings (SSSR count). The second-order valence-electron chi connectivity index (χ2n) is 5.70. The third-order valence-electron chi connectivity index (χ3n) is 4.62. The molecule has 2 saturated carbocycles. The van der Waals surface area contributed by atoms with Gasteiger partial charge in [-0.1, -0.05) is 12.8 Å². The average Bonchev–Trinajstić information content (AvgIpc) is 2.87. The van der Waals surface area contributed by atoms with E-state index in [9.17, 15) is 4.79 Å². The van der Waals surface area contributed by atoms with E-state index in [2.05, 4.69) is 11.6 Å². The number of hydrogen-bond acceptors (Lipinski definition) is 3. The van der Waals surface area contributed by atoms with Crippen LogP contribution in [0.1, 0.15) is 45.4 Å². The number of carbonyl (C=O) groups is 1. The van der Waals surface area contributed by atoms with E-state index < -0.39 is 0 Å². The van der Waals surface area contributed by atoms with Crippen molar-refractivity contribution in [2.45, 2.75) is 62.8 Å². The van der Waals surface area contributed by atoms with Crippen molar-refractivity contribution in [3.8, 4) is 0 Å². The number of hydrogen-bond donors (Lipinski definition) is 2. The van der Waals surface area contributed by atoms with Gasteiger partial charge in [-0.3, -0.25) is 4.79 Å². The molecule has 17 heavy (non-hydrogen) atoms. The Bertz CT molecular complexity index is 297. The quantitative estimate of drug-likeness (QED) is 0.811. The molecule has 4 unspecified atom stereocenters. The Morgan fingerprint density at radius 2 is 2.12 bits per heavy atom. The topological polar surface area (TPSA) is 55.1 Å². The van der Waals surface area contributed by atoms with Crippen LogP contribution in [0.4, 0.5) is 0 Å². The average molecular weight is 256 g/mol. The van der Waals surface area contributed by atoms with Crippen LogP contribution >= 0.6 is 11.8 Å². The highest BCUT2D eigenvalue weighted by Crippen LogP contribution is 2.38. The zero-order chi connectivity index (χ0) is 12.5. The van der Waals surface area contributed by atoms with Crippen molar-refractivity contribution in [2.24, 2.45) is 11.1 Å². The van der Waals surface area contributed by atoms with Crippen molar-refractivity contribution in [3.05, 3.63) is 0 Å². The smallest absolute Gasteiger partial charge is 0.227 e. The Kier molecular flexibility index (Phi) is 4.03. The fourth-order valence-corrected chi connectivity index (χ4v) is 4.12. The zero-order valence-electron chi connectivity index (χ0n) is 10.9. The Hall–Kier alpha value is -0.220. The monoisotopic (exact) mass is 256 g/mol. The van der Waals surface area contributed by atoms with Gasteiger partial charge in [0.15, 0.2) is 0 Å². The maximum absolute atomic E-state index is 12.4. The number of carbonyl (C=O) groups excluding carboxylic acids is 1. The van der Waals surface area contributed by atoms with E-state index in [4.69, 9.17) is 5.73 Å². The van der Waals surface area contributed by atoms with E-state index in [-0.39, 0.29) is 17.4 Å². The number of thioether (sulfide) groups is 1. The molecule has 0 heterocycles. The van der Waals surface area contributed by atoms with Crippen molar-refractivity contribution in [1.82, 2.24) is 5.32 Å². The van der Waals surface area contributed by atoms with E-state index in [1.54, 1.807) is 0 Å². The van der Waals surface area contributed by atoms with Crippen LogP contribution in [-0.4, -0.2) is 29.5 Å². The minimum Gasteiger partial charge on any atom is -0.352 e. The Labute approximate surface area is 108 Å². The molecule has 2 aliphatic rings. The molecule has 0 saturated heterocycles. The summed E-state index contributed by atoms with van der Waals surface area (Å²) in [5.41, 5.74) is 5.76. The van der Waals surface area contributed by atoms with Gasteiger partial charge in [0.1, 0.15) is 0 Å². The maximum Gasteiger partial charge on any atom is 0.227 e. The van der Waals surface area contributed by atoms with E-state index in [1.807, 2.05) is 18.7 Å². The van der Waals surface area contributed by atoms with Gasteiger partial charge in [0.2, 0.25) is 5.91 Å². The van der Waals surface area contributed by atoms with Crippen molar-refractivity contribution < 1.29 is 4.79 Å². The van der Waals surface area contributed by atoms with Gasteiger partial charge in [0.25, 0.3) is 0 Å². The highest BCUT2D eigenvalue weighted by molar-refractivity contribution is 7.99. The summed E-state index contributed by atoms with van der Waals surface area (Å²) in [6, 6.07) is 0.402. The van der Waals surface area contributed by atoms with Gasteiger partial charge < -0.3 is 11.1 Å². The van der Waals surface area contributed by atoms with Gasteiger partial charge >= 0.3 is 0 Å². The van der Waals surface area contributed by atoms with Gasteiger partial charge in [0.05, 0.1) is 5.41 Å². The highest BCUT2D eigenvalue weighted by Gasteiger charge is 2.44. The number of amides is 1. The van der Waals surface area contributed by atoms with Gasteiger partial charge in [-0.05, 0) is 38.9 Å². The molecule has 1 amide bonds. The molecule has 4 atom stereocenters. The molecule has 0 aliphatic heterocycles. The molecule has 3 N–H and O–H groups in total. The molecule has 4 heteroatoms. The second-order valence-corrected chi connectivity index (χ2v) is 6.78. The lowest BCUT2D eigenvalue weighted by atomic mass is 9.84. The second kappa shape index (κ2) is 5.19. The molecule has 0 spiro atoms. The number of nitrogens with two attached hydrogens (primary N) is 1. The van der Waals surface area contributed by atoms with Crippen LogP contribution in [0.15, 0.2) is 0 Å². The van der Waals surface area contributed by atoms with Crippen LogP contribution in [-0.2, 0) is 4.79 Å². The lowest BCUT2D eigenvalue weighted by Gasteiger charge is -2.30. The molecule has 0 aromatic heterocycles. The zero-order valence-corrected chi connectivity index (χ0v) is 11.7. The molecule has 3 nitrogen and oxygen atoms in total. The summed E-state index contributed by atoms with van der Waals surface area (Å²) in [5.74, 6) is 0.188. The summed E-state index contributed by atoms with van der Waals surface area (Å²) in [5, 5.41) is 3.85. The summed E-state index contributed by atoms with van der Waals surface area (Å²) in [6.45, 7) is 2.03. The summed E-state index contributed by atoms with van der Waals surface area (Å²) in [6.07, 6.45) is 8.74. The van der Waals surface area contributed by atoms with E-state index in [1.165, 1.54) is 12.8 Å².